The molecule has 14 heavy (non-hydrogen) atoms. The zero-order valence-corrected chi connectivity index (χ0v) is 9.97. The van der Waals surface area contributed by atoms with Gasteiger partial charge in [0.15, 0.2) is 0 Å². The second kappa shape index (κ2) is 4.43. The highest BCUT2D eigenvalue weighted by molar-refractivity contribution is 5.81. The molecule has 0 aromatic rings. The van der Waals surface area contributed by atoms with Crippen molar-refractivity contribution in [3.05, 3.63) is 0 Å². The van der Waals surface area contributed by atoms with E-state index in [9.17, 15) is 4.79 Å². The van der Waals surface area contributed by atoms with Crippen LogP contribution in [-0.4, -0.2) is 30.3 Å². The lowest BCUT2D eigenvalue weighted by Crippen LogP contribution is -2.37. The fourth-order valence-electron chi connectivity index (χ4n) is 2.06. The number of Topliss-reactive ketones (excluding diaryl/α,β-unsaturated/α-hetero) is 1. The van der Waals surface area contributed by atoms with Crippen LogP contribution < -0.4 is 0 Å². The number of likely N-dealkylation sites (tertiary alicyclic amines) is 1. The molecule has 0 aromatic carbocycles. The summed E-state index contributed by atoms with van der Waals surface area (Å²) >= 11 is 0. The highest BCUT2D eigenvalue weighted by Gasteiger charge is 2.30. The fraction of sp³-hybridized carbons (Fsp3) is 0.917. The van der Waals surface area contributed by atoms with Crippen LogP contribution >= 0.6 is 0 Å². The first-order chi connectivity index (χ1) is 6.45. The first-order valence-electron chi connectivity index (χ1n) is 5.69. The molecule has 0 radical (unpaired) electrons. The van der Waals surface area contributed by atoms with Crippen molar-refractivity contribution in [1.82, 2.24) is 4.90 Å². The molecule has 0 N–H and O–H groups in total. The number of ketones is 1. The lowest BCUT2D eigenvalue weighted by Gasteiger charge is -2.27. The van der Waals surface area contributed by atoms with Crippen LogP contribution in [0.15, 0.2) is 0 Å². The van der Waals surface area contributed by atoms with Crippen LogP contribution in [0.25, 0.3) is 0 Å². The molecule has 0 spiro atoms. The molecule has 2 heteroatoms. The van der Waals surface area contributed by atoms with E-state index in [-0.39, 0.29) is 5.41 Å². The molecule has 1 saturated heterocycles. The monoisotopic (exact) mass is 197 g/mol. The summed E-state index contributed by atoms with van der Waals surface area (Å²) in [6.45, 7) is 11.3. The Hall–Kier alpha value is -0.370. The Balaban J connectivity index is 2.42. The van der Waals surface area contributed by atoms with E-state index in [0.717, 1.165) is 12.5 Å². The largest absolute Gasteiger partial charge is 0.302 e. The molecule has 1 unspecified atom stereocenters. The molecule has 1 aliphatic heterocycles. The summed E-state index contributed by atoms with van der Waals surface area (Å²) in [6, 6.07) is 0. The van der Waals surface area contributed by atoms with Crippen molar-refractivity contribution in [1.29, 1.82) is 0 Å². The molecule has 1 rings (SSSR count). The van der Waals surface area contributed by atoms with Gasteiger partial charge in [-0.05, 0) is 25.8 Å². The summed E-state index contributed by atoms with van der Waals surface area (Å²) in [5.41, 5.74) is -0.164. The second-order valence-corrected chi connectivity index (χ2v) is 5.24. The molecule has 0 saturated carbocycles. The summed E-state index contributed by atoms with van der Waals surface area (Å²) in [7, 11) is 0. The molecule has 1 fully saturated rings. The van der Waals surface area contributed by atoms with Gasteiger partial charge in [-0.15, -0.1) is 0 Å². The van der Waals surface area contributed by atoms with Crippen molar-refractivity contribution in [2.75, 3.05) is 19.6 Å². The van der Waals surface area contributed by atoms with Crippen molar-refractivity contribution in [2.45, 2.75) is 40.5 Å². The summed E-state index contributed by atoms with van der Waals surface area (Å²) in [4.78, 5) is 13.8. The van der Waals surface area contributed by atoms with Crippen molar-refractivity contribution in [3.8, 4) is 0 Å². The molecular weight excluding hydrogens is 174 g/mol. The van der Waals surface area contributed by atoms with Crippen LogP contribution in [-0.2, 0) is 4.79 Å². The summed E-state index contributed by atoms with van der Waals surface area (Å²) in [5, 5.41) is 0. The van der Waals surface area contributed by atoms with Crippen molar-refractivity contribution >= 4 is 5.78 Å². The van der Waals surface area contributed by atoms with Crippen LogP contribution in [0.2, 0.25) is 0 Å². The topological polar surface area (TPSA) is 20.3 Å². The molecular formula is C12H23NO. The number of hydrogen-bond acceptors (Lipinski definition) is 2. The third-order valence-corrected chi connectivity index (χ3v) is 3.52. The Morgan fingerprint density at radius 3 is 2.57 bits per heavy atom. The normalized spacial score (nSPS) is 24.1. The second-order valence-electron chi connectivity index (χ2n) is 5.24. The summed E-state index contributed by atoms with van der Waals surface area (Å²) in [6.07, 6.45) is 2.58. The number of hydrogen-bond donors (Lipinski definition) is 0. The zero-order chi connectivity index (χ0) is 10.8. The van der Waals surface area contributed by atoms with Crippen molar-refractivity contribution in [2.24, 2.45) is 11.3 Å². The van der Waals surface area contributed by atoms with E-state index in [4.69, 9.17) is 0 Å². The van der Waals surface area contributed by atoms with E-state index in [1.165, 1.54) is 25.9 Å². The van der Waals surface area contributed by atoms with Crippen molar-refractivity contribution in [3.63, 3.8) is 0 Å². The van der Waals surface area contributed by atoms with Gasteiger partial charge in [-0.2, -0.15) is 0 Å². The van der Waals surface area contributed by atoms with Gasteiger partial charge >= 0.3 is 0 Å². The van der Waals surface area contributed by atoms with Gasteiger partial charge in [0, 0.05) is 18.5 Å². The van der Waals surface area contributed by atoms with Gasteiger partial charge in [0.1, 0.15) is 5.78 Å². The Morgan fingerprint density at radius 1 is 1.50 bits per heavy atom. The number of carbonyl (C=O) groups is 1. The van der Waals surface area contributed by atoms with Crippen LogP contribution in [0.4, 0.5) is 0 Å². The van der Waals surface area contributed by atoms with Gasteiger partial charge in [0.05, 0.1) is 0 Å². The van der Waals surface area contributed by atoms with E-state index < -0.39 is 0 Å². The molecule has 2 nitrogen and oxygen atoms in total. The Bertz CT molecular complexity index is 210. The lowest BCUT2D eigenvalue weighted by molar-refractivity contribution is -0.125. The van der Waals surface area contributed by atoms with E-state index >= 15 is 0 Å². The minimum Gasteiger partial charge on any atom is -0.302 e. The van der Waals surface area contributed by atoms with E-state index in [1.54, 1.807) is 6.92 Å². The zero-order valence-electron chi connectivity index (χ0n) is 9.97. The average Bonchev–Trinajstić information content (AvgIpc) is 2.51. The van der Waals surface area contributed by atoms with Gasteiger partial charge in [-0.3, -0.25) is 4.79 Å². The molecule has 0 aliphatic carbocycles. The van der Waals surface area contributed by atoms with Crippen LogP contribution in [0.1, 0.15) is 40.5 Å². The van der Waals surface area contributed by atoms with Gasteiger partial charge < -0.3 is 4.90 Å². The summed E-state index contributed by atoms with van der Waals surface area (Å²) in [5.74, 6) is 1.16. The predicted molar refractivity (Wildman–Crippen MR) is 59.3 cm³/mol. The minimum absolute atomic E-state index is 0.164. The minimum atomic E-state index is -0.164. The highest BCUT2D eigenvalue weighted by Crippen LogP contribution is 2.24. The van der Waals surface area contributed by atoms with Gasteiger partial charge in [0.2, 0.25) is 0 Å². The standard InChI is InChI=1S/C12H23NO/c1-5-11-6-7-13(8-11)9-12(3,4)10(2)14/h11H,5-9H2,1-4H3. The van der Waals surface area contributed by atoms with Gasteiger partial charge in [0.25, 0.3) is 0 Å². The third-order valence-electron chi connectivity index (χ3n) is 3.52. The van der Waals surface area contributed by atoms with E-state index in [1.807, 2.05) is 0 Å². The molecule has 1 heterocycles. The SMILES string of the molecule is CCC1CCN(CC(C)(C)C(C)=O)C1. The lowest BCUT2D eigenvalue weighted by atomic mass is 9.88. The van der Waals surface area contributed by atoms with E-state index in [0.29, 0.717) is 5.78 Å². The summed E-state index contributed by atoms with van der Waals surface area (Å²) < 4.78 is 0. The van der Waals surface area contributed by atoms with Gasteiger partial charge in [-0.1, -0.05) is 27.2 Å². The predicted octanol–water partition coefficient (Wildman–Crippen LogP) is 2.33. The maximum Gasteiger partial charge on any atom is 0.136 e. The molecule has 0 bridgehead atoms. The first kappa shape index (κ1) is 11.7. The van der Waals surface area contributed by atoms with E-state index in [2.05, 4.69) is 25.7 Å². The van der Waals surface area contributed by atoms with Crippen molar-refractivity contribution < 1.29 is 4.79 Å². The molecule has 1 aliphatic rings. The maximum atomic E-state index is 11.4. The first-order valence-corrected chi connectivity index (χ1v) is 5.69. The third kappa shape index (κ3) is 2.81. The van der Waals surface area contributed by atoms with Crippen LogP contribution in [0, 0.1) is 11.3 Å². The Kier molecular flexibility index (Phi) is 3.71. The fourth-order valence-corrected chi connectivity index (χ4v) is 2.06. The number of rotatable bonds is 4. The Labute approximate surface area is 87.7 Å². The van der Waals surface area contributed by atoms with Crippen LogP contribution in [0.3, 0.4) is 0 Å². The molecule has 0 amide bonds. The highest BCUT2D eigenvalue weighted by atomic mass is 16.1. The average molecular weight is 197 g/mol. The number of nitrogens with zero attached hydrogens (tertiary/aromatic N) is 1. The Morgan fingerprint density at radius 2 is 2.14 bits per heavy atom. The van der Waals surface area contributed by atoms with Gasteiger partial charge in [-0.25, -0.2) is 0 Å². The maximum absolute atomic E-state index is 11.4. The molecule has 82 valence electrons. The molecule has 0 aromatic heterocycles. The number of carbonyl (C=O) groups excluding carboxylic acids is 1. The van der Waals surface area contributed by atoms with Crippen LogP contribution in [0.5, 0.6) is 0 Å². The smallest absolute Gasteiger partial charge is 0.136 e. The quantitative estimate of drug-likeness (QED) is 0.689. The molecule has 1 atom stereocenters.